The average molecular weight is 310 g/mol. The van der Waals surface area contributed by atoms with E-state index in [9.17, 15) is 18.8 Å². The van der Waals surface area contributed by atoms with Crippen LogP contribution < -0.4 is 0 Å². The highest BCUT2D eigenvalue weighted by molar-refractivity contribution is 6.40. The summed E-state index contributed by atoms with van der Waals surface area (Å²) in [5, 5.41) is 0. The minimum atomic E-state index is -0.755. The number of esters is 1. The van der Waals surface area contributed by atoms with Gasteiger partial charge in [-0.05, 0) is 6.07 Å². The highest BCUT2D eigenvalue weighted by atomic mass is 19.1. The van der Waals surface area contributed by atoms with Crippen molar-refractivity contribution in [2.24, 2.45) is 0 Å². The van der Waals surface area contributed by atoms with E-state index in [2.05, 4.69) is 0 Å². The van der Waals surface area contributed by atoms with Gasteiger partial charge in [-0.1, -0.05) is 42.5 Å². The van der Waals surface area contributed by atoms with Crippen molar-refractivity contribution in [3.63, 3.8) is 0 Å². The molecule has 0 amide bonds. The molecule has 0 saturated heterocycles. The van der Waals surface area contributed by atoms with Gasteiger partial charge < -0.3 is 4.74 Å². The van der Waals surface area contributed by atoms with Crippen molar-refractivity contribution in [2.75, 3.05) is 0 Å². The minimum absolute atomic E-state index is 0.0726. The Morgan fingerprint density at radius 3 is 1.96 bits per heavy atom. The Kier molecular flexibility index (Phi) is 3.62. The minimum Gasteiger partial charge on any atom is -0.422 e. The van der Waals surface area contributed by atoms with E-state index in [-0.39, 0.29) is 22.3 Å². The fraction of sp³-hybridized carbons (Fsp3) is 0.0556. The monoisotopic (exact) mass is 310 g/mol. The van der Waals surface area contributed by atoms with Gasteiger partial charge in [-0.15, -0.1) is 0 Å². The standard InChI is InChI=1S/C18H11FO4/c1-10(20)23-18-15(13-8-4-5-9-14(13)19)16(21)11-6-2-3-7-12(11)17(18)22/h2-9H,1H3. The van der Waals surface area contributed by atoms with Crippen molar-refractivity contribution in [1.82, 2.24) is 0 Å². The molecule has 4 nitrogen and oxygen atoms in total. The van der Waals surface area contributed by atoms with Crippen molar-refractivity contribution >= 4 is 23.1 Å². The first-order valence-corrected chi connectivity index (χ1v) is 6.86. The smallest absolute Gasteiger partial charge is 0.308 e. The van der Waals surface area contributed by atoms with Crippen molar-refractivity contribution in [2.45, 2.75) is 6.92 Å². The van der Waals surface area contributed by atoms with Crippen LogP contribution in [0.2, 0.25) is 0 Å². The van der Waals surface area contributed by atoms with Crippen LogP contribution in [0.15, 0.2) is 54.3 Å². The number of rotatable bonds is 2. The molecule has 0 heterocycles. The van der Waals surface area contributed by atoms with Gasteiger partial charge in [0.15, 0.2) is 11.5 Å². The van der Waals surface area contributed by atoms with Crippen LogP contribution in [0.1, 0.15) is 33.2 Å². The predicted molar refractivity (Wildman–Crippen MR) is 80.2 cm³/mol. The van der Waals surface area contributed by atoms with Crippen molar-refractivity contribution < 1.29 is 23.5 Å². The number of benzene rings is 2. The summed E-state index contributed by atoms with van der Waals surface area (Å²) < 4.78 is 19.1. The van der Waals surface area contributed by atoms with Gasteiger partial charge in [0.1, 0.15) is 5.82 Å². The summed E-state index contributed by atoms with van der Waals surface area (Å²) in [5.41, 5.74) is -0.0147. The molecule has 0 radical (unpaired) electrons. The lowest BCUT2D eigenvalue weighted by molar-refractivity contribution is -0.136. The average Bonchev–Trinajstić information content (AvgIpc) is 2.53. The van der Waals surface area contributed by atoms with Gasteiger partial charge in [0.25, 0.3) is 0 Å². The Balaban J connectivity index is 2.30. The Bertz CT molecular complexity index is 880. The highest BCUT2D eigenvalue weighted by Gasteiger charge is 2.36. The van der Waals surface area contributed by atoms with Crippen LogP contribution in [-0.4, -0.2) is 17.5 Å². The maximum Gasteiger partial charge on any atom is 0.308 e. The van der Waals surface area contributed by atoms with Gasteiger partial charge in [0.2, 0.25) is 5.78 Å². The molecular weight excluding hydrogens is 299 g/mol. The topological polar surface area (TPSA) is 60.4 Å². The molecule has 23 heavy (non-hydrogen) atoms. The van der Waals surface area contributed by atoms with Gasteiger partial charge >= 0.3 is 5.97 Å². The summed E-state index contributed by atoms with van der Waals surface area (Å²) in [6.07, 6.45) is 0. The first-order valence-electron chi connectivity index (χ1n) is 6.86. The van der Waals surface area contributed by atoms with Crippen LogP contribution in [0.4, 0.5) is 4.39 Å². The van der Waals surface area contributed by atoms with Crippen LogP contribution in [0, 0.1) is 5.82 Å². The highest BCUT2D eigenvalue weighted by Crippen LogP contribution is 2.34. The van der Waals surface area contributed by atoms with E-state index < -0.39 is 29.1 Å². The number of carbonyl (C=O) groups is 3. The van der Waals surface area contributed by atoms with Gasteiger partial charge in [0, 0.05) is 23.6 Å². The van der Waals surface area contributed by atoms with Crippen LogP contribution in [-0.2, 0) is 9.53 Å². The second-order valence-electron chi connectivity index (χ2n) is 4.98. The zero-order chi connectivity index (χ0) is 16.6. The van der Waals surface area contributed by atoms with E-state index in [1.54, 1.807) is 12.1 Å². The fourth-order valence-electron chi connectivity index (χ4n) is 2.50. The second-order valence-corrected chi connectivity index (χ2v) is 4.98. The molecule has 0 spiro atoms. The molecule has 0 unspecified atom stereocenters. The van der Waals surface area contributed by atoms with Crippen LogP contribution in [0.25, 0.3) is 5.57 Å². The quantitative estimate of drug-likeness (QED) is 0.799. The summed E-state index contributed by atoms with van der Waals surface area (Å²) in [4.78, 5) is 36.6. The third kappa shape index (κ3) is 2.46. The molecule has 0 saturated carbocycles. The lowest BCUT2D eigenvalue weighted by Crippen LogP contribution is -2.24. The molecule has 0 aromatic heterocycles. The molecule has 0 atom stereocenters. The number of Topliss-reactive ketones (excluding diaryl/α,β-unsaturated/α-hetero) is 2. The Labute approximate surface area is 131 Å². The number of hydrogen-bond acceptors (Lipinski definition) is 4. The summed E-state index contributed by atoms with van der Waals surface area (Å²) in [7, 11) is 0. The molecule has 5 heteroatoms. The molecule has 114 valence electrons. The zero-order valence-electron chi connectivity index (χ0n) is 12.1. The predicted octanol–water partition coefficient (Wildman–Crippen LogP) is 3.18. The van der Waals surface area contributed by atoms with E-state index in [0.717, 1.165) is 6.92 Å². The molecular formula is C18H11FO4. The summed E-state index contributed by atoms with van der Waals surface area (Å²) in [6.45, 7) is 1.12. The number of carbonyl (C=O) groups excluding carboxylic acids is 3. The van der Waals surface area contributed by atoms with E-state index in [1.165, 1.54) is 36.4 Å². The van der Waals surface area contributed by atoms with E-state index in [1.807, 2.05) is 0 Å². The summed E-state index contributed by atoms with van der Waals surface area (Å²) >= 11 is 0. The largest absolute Gasteiger partial charge is 0.422 e. The molecule has 1 aliphatic rings. The van der Waals surface area contributed by atoms with Crippen molar-refractivity contribution in [3.05, 3.63) is 76.8 Å². The third-order valence-corrected chi connectivity index (χ3v) is 3.47. The number of ether oxygens (including phenoxy) is 1. The van der Waals surface area contributed by atoms with Crippen molar-refractivity contribution in [3.8, 4) is 0 Å². The fourth-order valence-corrected chi connectivity index (χ4v) is 2.50. The molecule has 3 rings (SSSR count). The molecule has 2 aromatic carbocycles. The molecule has 0 aliphatic heterocycles. The normalized spacial score (nSPS) is 13.8. The summed E-state index contributed by atoms with van der Waals surface area (Å²) in [5.74, 6) is -3.04. The lowest BCUT2D eigenvalue weighted by atomic mass is 9.85. The van der Waals surface area contributed by atoms with E-state index in [0.29, 0.717) is 0 Å². The first-order chi connectivity index (χ1) is 11.0. The number of halogens is 1. The Hall–Kier alpha value is -3.08. The van der Waals surface area contributed by atoms with Gasteiger partial charge in [-0.3, -0.25) is 14.4 Å². The van der Waals surface area contributed by atoms with Crippen LogP contribution in [0.5, 0.6) is 0 Å². The molecule has 0 fully saturated rings. The maximum absolute atomic E-state index is 14.1. The SMILES string of the molecule is CC(=O)OC1=C(c2ccccc2F)C(=O)c2ccccc2C1=O. The first kappa shape index (κ1) is 14.8. The third-order valence-electron chi connectivity index (χ3n) is 3.47. The number of fused-ring (bicyclic) bond motifs is 1. The second kappa shape index (κ2) is 5.61. The van der Waals surface area contributed by atoms with Crippen LogP contribution in [0.3, 0.4) is 0 Å². The lowest BCUT2D eigenvalue weighted by Gasteiger charge is -2.20. The summed E-state index contributed by atoms with van der Waals surface area (Å²) in [6, 6.07) is 11.7. The van der Waals surface area contributed by atoms with Gasteiger partial charge in [0.05, 0.1) is 5.57 Å². The molecule has 0 N–H and O–H groups in total. The number of ketones is 2. The van der Waals surface area contributed by atoms with Crippen LogP contribution >= 0.6 is 0 Å². The molecule has 0 bridgehead atoms. The number of allylic oxidation sites excluding steroid dienone is 2. The molecule has 2 aromatic rings. The van der Waals surface area contributed by atoms with E-state index >= 15 is 0 Å². The van der Waals surface area contributed by atoms with Crippen molar-refractivity contribution in [1.29, 1.82) is 0 Å². The Morgan fingerprint density at radius 1 is 0.870 bits per heavy atom. The van der Waals surface area contributed by atoms with Gasteiger partial charge in [-0.25, -0.2) is 4.39 Å². The zero-order valence-corrected chi connectivity index (χ0v) is 12.1. The van der Waals surface area contributed by atoms with E-state index in [4.69, 9.17) is 4.74 Å². The molecule has 1 aliphatic carbocycles. The van der Waals surface area contributed by atoms with Gasteiger partial charge in [-0.2, -0.15) is 0 Å². The number of hydrogen-bond donors (Lipinski definition) is 0. The Morgan fingerprint density at radius 2 is 1.39 bits per heavy atom. The maximum atomic E-state index is 14.1.